The van der Waals surface area contributed by atoms with Gasteiger partial charge in [0.2, 0.25) is 0 Å². The highest BCUT2D eigenvalue weighted by molar-refractivity contribution is 6.30. The molecule has 0 aliphatic carbocycles. The Morgan fingerprint density at radius 3 is 2.46 bits per heavy atom. The number of nitrogens with zero attached hydrogens (tertiary/aromatic N) is 1. The van der Waals surface area contributed by atoms with E-state index in [2.05, 4.69) is 10.3 Å². The molecule has 0 radical (unpaired) electrons. The lowest BCUT2D eigenvalue weighted by molar-refractivity contribution is -0.176. The second-order valence-electron chi connectivity index (χ2n) is 5.97. The first-order chi connectivity index (χ1) is 11.9. The molecule has 2 aromatic rings. The van der Waals surface area contributed by atoms with Crippen LogP contribution in [0, 0.1) is 0 Å². The third-order valence-corrected chi connectivity index (χ3v) is 4.27. The van der Waals surface area contributed by atoms with E-state index in [0.29, 0.717) is 27.9 Å². The number of aromatic nitrogens is 1. The number of benzene rings is 1. The Bertz CT molecular complexity index is 699. The minimum Gasteiger partial charge on any atom is -0.440 e. The third-order valence-electron chi connectivity index (χ3n) is 4.01. The van der Waals surface area contributed by atoms with E-state index in [1.54, 1.807) is 24.3 Å². The zero-order valence-corrected chi connectivity index (χ0v) is 15.4. The minimum absolute atomic E-state index is 0. The minimum atomic E-state index is -4.37. The first kappa shape index (κ1) is 21.0. The first-order valence-corrected chi connectivity index (χ1v) is 8.41. The molecule has 9 heteroatoms. The van der Waals surface area contributed by atoms with Gasteiger partial charge in [-0.25, -0.2) is 4.98 Å². The van der Waals surface area contributed by atoms with E-state index >= 15 is 0 Å². The van der Waals surface area contributed by atoms with Gasteiger partial charge in [0.15, 0.2) is 11.7 Å². The first-order valence-electron chi connectivity index (χ1n) is 8.03. The quantitative estimate of drug-likeness (QED) is 0.756. The lowest BCUT2D eigenvalue weighted by atomic mass is 9.98. The van der Waals surface area contributed by atoms with Crippen LogP contribution >= 0.6 is 24.0 Å². The summed E-state index contributed by atoms with van der Waals surface area (Å²) in [5.41, 5.74) is 1.09. The highest BCUT2D eigenvalue weighted by Crippen LogP contribution is 2.32. The van der Waals surface area contributed by atoms with Gasteiger partial charge in [0.25, 0.3) is 0 Å². The molecule has 0 saturated carbocycles. The molecule has 0 bridgehead atoms. The fourth-order valence-electron chi connectivity index (χ4n) is 2.80. The number of oxazole rings is 1. The van der Waals surface area contributed by atoms with Crippen LogP contribution in [0.4, 0.5) is 13.2 Å². The molecule has 144 valence electrons. The van der Waals surface area contributed by atoms with Gasteiger partial charge in [-0.2, -0.15) is 13.2 Å². The molecule has 1 saturated heterocycles. The molecule has 0 unspecified atom stereocenters. The highest BCUT2D eigenvalue weighted by Gasteiger charge is 2.29. The molecule has 1 fully saturated rings. The van der Waals surface area contributed by atoms with Crippen molar-refractivity contribution in [1.29, 1.82) is 0 Å². The summed E-state index contributed by atoms with van der Waals surface area (Å²) in [5.74, 6) is 1.15. The van der Waals surface area contributed by atoms with Crippen LogP contribution < -0.4 is 5.32 Å². The summed E-state index contributed by atoms with van der Waals surface area (Å²) in [6.45, 7) is 0.154. The van der Waals surface area contributed by atoms with Crippen molar-refractivity contribution < 1.29 is 22.3 Å². The number of ether oxygens (including phenoxy) is 1. The van der Waals surface area contributed by atoms with Gasteiger partial charge in [-0.3, -0.25) is 0 Å². The highest BCUT2D eigenvalue weighted by atomic mass is 35.5. The van der Waals surface area contributed by atoms with Gasteiger partial charge in [0.05, 0.1) is 6.61 Å². The average molecular weight is 411 g/mol. The topological polar surface area (TPSA) is 47.3 Å². The Labute approximate surface area is 160 Å². The number of nitrogens with one attached hydrogen (secondary N) is 1. The summed E-state index contributed by atoms with van der Waals surface area (Å²) < 4.78 is 47.7. The van der Waals surface area contributed by atoms with Crippen LogP contribution in [0.1, 0.15) is 30.3 Å². The van der Waals surface area contributed by atoms with E-state index in [-0.39, 0.29) is 24.9 Å². The fraction of sp³-hybridized carbons (Fsp3) is 0.471. The van der Waals surface area contributed by atoms with Crippen molar-refractivity contribution in [1.82, 2.24) is 10.3 Å². The van der Waals surface area contributed by atoms with Gasteiger partial charge in [-0.05, 0) is 50.2 Å². The molecule has 2 heterocycles. The van der Waals surface area contributed by atoms with Crippen molar-refractivity contribution >= 4 is 24.0 Å². The number of hydrogen-bond acceptors (Lipinski definition) is 4. The van der Waals surface area contributed by atoms with Gasteiger partial charge in [0.1, 0.15) is 12.3 Å². The molecule has 4 nitrogen and oxygen atoms in total. The molecule has 0 spiro atoms. The van der Waals surface area contributed by atoms with Crippen LogP contribution in [-0.4, -0.2) is 30.9 Å². The Hall–Kier alpha value is -1.28. The summed E-state index contributed by atoms with van der Waals surface area (Å²) in [6, 6.07) is 6.90. The van der Waals surface area contributed by atoms with Crippen molar-refractivity contribution in [2.45, 2.75) is 31.5 Å². The van der Waals surface area contributed by atoms with Crippen LogP contribution in [0.3, 0.4) is 0 Å². The molecule has 26 heavy (non-hydrogen) atoms. The molecule has 1 aliphatic heterocycles. The van der Waals surface area contributed by atoms with Crippen molar-refractivity contribution in [2.24, 2.45) is 0 Å². The number of hydrogen-bond donors (Lipinski definition) is 1. The van der Waals surface area contributed by atoms with Crippen molar-refractivity contribution in [3.8, 4) is 11.3 Å². The molecule has 0 amide bonds. The second kappa shape index (κ2) is 9.08. The Morgan fingerprint density at radius 1 is 1.19 bits per heavy atom. The molecule has 1 aliphatic rings. The number of alkyl halides is 3. The van der Waals surface area contributed by atoms with E-state index in [4.69, 9.17) is 20.8 Å². The molecule has 1 N–H and O–H groups in total. The van der Waals surface area contributed by atoms with E-state index < -0.39 is 12.8 Å². The lowest BCUT2D eigenvalue weighted by Crippen LogP contribution is -2.26. The summed E-state index contributed by atoms with van der Waals surface area (Å²) in [5, 5.41) is 3.83. The van der Waals surface area contributed by atoms with Crippen molar-refractivity contribution in [3.05, 3.63) is 40.9 Å². The van der Waals surface area contributed by atoms with Gasteiger partial charge in [0, 0.05) is 16.5 Å². The summed E-state index contributed by atoms with van der Waals surface area (Å²) in [6.07, 6.45) is -2.62. The summed E-state index contributed by atoms with van der Waals surface area (Å²) >= 11 is 5.90. The van der Waals surface area contributed by atoms with Crippen molar-refractivity contribution in [3.63, 3.8) is 0 Å². The van der Waals surface area contributed by atoms with Crippen LogP contribution in [-0.2, 0) is 11.3 Å². The number of piperidine rings is 1. The van der Waals surface area contributed by atoms with Gasteiger partial charge in [-0.15, -0.1) is 12.4 Å². The standard InChI is InChI=1S/C17H18ClF3N2O2.ClH/c18-13-3-1-11(2-4-13)15-14(9-24-10-17(19,20)21)23-16(25-15)12-5-7-22-8-6-12;/h1-4,12,22H,5-10H2;1H. The fourth-order valence-corrected chi connectivity index (χ4v) is 2.93. The molecule has 1 aromatic heterocycles. The van der Waals surface area contributed by atoms with Crippen LogP contribution in [0.5, 0.6) is 0 Å². The third kappa shape index (κ3) is 5.61. The zero-order chi connectivity index (χ0) is 17.9. The molecule has 1 aromatic carbocycles. The maximum absolute atomic E-state index is 12.3. The summed E-state index contributed by atoms with van der Waals surface area (Å²) in [4.78, 5) is 4.43. The number of rotatable bonds is 5. The normalized spacial score (nSPS) is 15.7. The van der Waals surface area contributed by atoms with Gasteiger partial charge < -0.3 is 14.5 Å². The maximum Gasteiger partial charge on any atom is 0.411 e. The predicted molar refractivity (Wildman–Crippen MR) is 94.8 cm³/mol. The Morgan fingerprint density at radius 2 is 1.85 bits per heavy atom. The van der Waals surface area contributed by atoms with E-state index in [9.17, 15) is 13.2 Å². The summed E-state index contributed by atoms with van der Waals surface area (Å²) in [7, 11) is 0. The molecule has 3 rings (SSSR count). The average Bonchev–Trinajstić information content (AvgIpc) is 2.99. The van der Waals surface area contributed by atoms with Crippen molar-refractivity contribution in [2.75, 3.05) is 19.7 Å². The van der Waals surface area contributed by atoms with E-state index in [0.717, 1.165) is 25.9 Å². The van der Waals surface area contributed by atoms with Gasteiger partial charge in [-0.1, -0.05) is 11.6 Å². The smallest absolute Gasteiger partial charge is 0.411 e. The largest absolute Gasteiger partial charge is 0.440 e. The molecular weight excluding hydrogens is 392 g/mol. The second-order valence-corrected chi connectivity index (χ2v) is 6.40. The monoisotopic (exact) mass is 410 g/mol. The van der Waals surface area contributed by atoms with Crippen LogP contribution in [0.25, 0.3) is 11.3 Å². The Kier molecular flexibility index (Phi) is 7.34. The lowest BCUT2D eigenvalue weighted by Gasteiger charge is -2.19. The maximum atomic E-state index is 12.3. The number of halogens is 5. The van der Waals surface area contributed by atoms with Crippen LogP contribution in [0.2, 0.25) is 5.02 Å². The van der Waals surface area contributed by atoms with E-state index in [1.807, 2.05) is 0 Å². The molecule has 0 atom stereocenters. The van der Waals surface area contributed by atoms with Gasteiger partial charge >= 0.3 is 6.18 Å². The molecular formula is C17H19Cl2F3N2O2. The van der Waals surface area contributed by atoms with E-state index in [1.165, 1.54) is 0 Å². The Balaban J connectivity index is 0.00000243. The predicted octanol–water partition coefficient (Wildman–Crippen LogP) is 4.96. The SMILES string of the molecule is Cl.FC(F)(F)COCc1nc(C2CCNCC2)oc1-c1ccc(Cl)cc1. The van der Waals surface area contributed by atoms with Crippen LogP contribution in [0.15, 0.2) is 28.7 Å². The zero-order valence-electron chi connectivity index (χ0n) is 13.8.